The van der Waals surface area contributed by atoms with E-state index in [2.05, 4.69) is 16.5 Å². The van der Waals surface area contributed by atoms with Crippen LogP contribution in [0.15, 0.2) is 35.5 Å². The maximum Gasteiger partial charge on any atom is 0.246 e. The van der Waals surface area contributed by atoms with E-state index in [0.717, 1.165) is 30.8 Å². The van der Waals surface area contributed by atoms with Crippen LogP contribution in [-0.4, -0.2) is 42.5 Å². The van der Waals surface area contributed by atoms with Crippen molar-refractivity contribution in [3.05, 3.63) is 42.0 Å². The summed E-state index contributed by atoms with van der Waals surface area (Å²) in [5.41, 5.74) is 0.970. The molecule has 2 aromatic rings. The highest BCUT2D eigenvalue weighted by Crippen LogP contribution is 2.33. The molecule has 0 unspecified atom stereocenters. The lowest BCUT2D eigenvalue weighted by atomic mass is 9.99. The molecule has 136 valence electrons. The van der Waals surface area contributed by atoms with Crippen LogP contribution in [0.1, 0.15) is 37.1 Å². The monoisotopic (exact) mass is 363 g/mol. The predicted octanol–water partition coefficient (Wildman–Crippen LogP) is 2.79. The number of hydrogen-bond donors (Lipinski definition) is 0. The molecule has 6 nitrogen and oxygen atoms in total. The van der Waals surface area contributed by atoms with E-state index in [1.165, 1.54) is 7.11 Å². The maximum atomic E-state index is 13.2. The Kier molecular flexibility index (Phi) is 5.15. The van der Waals surface area contributed by atoms with E-state index < -0.39 is 10.0 Å². The first-order valence-corrected chi connectivity index (χ1v) is 10.1. The predicted molar refractivity (Wildman–Crippen MR) is 96.4 cm³/mol. The van der Waals surface area contributed by atoms with E-state index >= 15 is 0 Å². The molecule has 1 aliphatic rings. The zero-order valence-corrected chi connectivity index (χ0v) is 15.8. The summed E-state index contributed by atoms with van der Waals surface area (Å²) in [7, 11) is -2.09. The molecule has 25 heavy (non-hydrogen) atoms. The summed E-state index contributed by atoms with van der Waals surface area (Å²) < 4.78 is 35.3. The molecular weight excluding hydrogens is 338 g/mol. The van der Waals surface area contributed by atoms with E-state index in [-0.39, 0.29) is 10.8 Å². The minimum absolute atomic E-state index is 0.120. The zero-order chi connectivity index (χ0) is 18.0. The molecule has 1 fully saturated rings. The van der Waals surface area contributed by atoms with Gasteiger partial charge in [-0.15, -0.1) is 0 Å². The molecule has 1 atom stereocenters. The standard InChI is InChI=1S/C18H25N3O3S/c1-4-20-11-9-19-18(20)15-6-5-10-21(13-15)25(22,23)17-8-7-14(2)12-16(17)24-3/h7-9,11-12,15H,4-6,10,13H2,1-3H3/t15-/m0/s1. The molecule has 7 heteroatoms. The lowest BCUT2D eigenvalue weighted by molar-refractivity contribution is 0.303. The largest absolute Gasteiger partial charge is 0.495 e. The molecule has 2 heterocycles. The third-order valence-electron chi connectivity index (χ3n) is 4.77. The number of nitrogens with zero attached hydrogens (tertiary/aromatic N) is 3. The Morgan fingerprint density at radius 2 is 2.16 bits per heavy atom. The average molecular weight is 363 g/mol. The molecule has 1 aliphatic heterocycles. The second-order valence-electron chi connectivity index (χ2n) is 6.43. The van der Waals surface area contributed by atoms with Crippen LogP contribution < -0.4 is 4.74 Å². The van der Waals surface area contributed by atoms with Crippen LogP contribution in [0.3, 0.4) is 0 Å². The van der Waals surface area contributed by atoms with Crippen LogP contribution in [0.2, 0.25) is 0 Å². The third kappa shape index (κ3) is 3.43. The van der Waals surface area contributed by atoms with Crippen LogP contribution in [0, 0.1) is 6.92 Å². The van der Waals surface area contributed by atoms with Gasteiger partial charge in [-0.2, -0.15) is 4.31 Å². The molecular formula is C18H25N3O3S. The van der Waals surface area contributed by atoms with E-state index in [9.17, 15) is 8.42 Å². The number of imidazole rings is 1. The van der Waals surface area contributed by atoms with Crippen molar-refractivity contribution in [1.82, 2.24) is 13.9 Å². The number of piperidine rings is 1. The number of aryl methyl sites for hydroxylation is 2. The molecule has 0 bridgehead atoms. The fourth-order valence-corrected chi connectivity index (χ4v) is 5.11. The highest BCUT2D eigenvalue weighted by Gasteiger charge is 2.34. The van der Waals surface area contributed by atoms with Gasteiger partial charge in [0.05, 0.1) is 7.11 Å². The van der Waals surface area contributed by atoms with E-state index in [1.807, 2.05) is 13.1 Å². The van der Waals surface area contributed by atoms with Gasteiger partial charge in [0.2, 0.25) is 10.0 Å². The molecule has 0 aliphatic carbocycles. The lowest BCUT2D eigenvalue weighted by Crippen LogP contribution is -2.39. The summed E-state index contributed by atoms with van der Waals surface area (Å²) >= 11 is 0. The Hall–Kier alpha value is -1.86. The maximum absolute atomic E-state index is 13.2. The molecule has 0 radical (unpaired) electrons. The number of aromatic nitrogens is 2. The minimum Gasteiger partial charge on any atom is -0.495 e. The second kappa shape index (κ2) is 7.17. The number of hydrogen-bond acceptors (Lipinski definition) is 4. The first-order valence-electron chi connectivity index (χ1n) is 8.63. The van der Waals surface area contributed by atoms with Crippen LogP contribution in [-0.2, 0) is 16.6 Å². The van der Waals surface area contributed by atoms with Gasteiger partial charge in [0.1, 0.15) is 16.5 Å². The van der Waals surface area contributed by atoms with Crippen molar-refractivity contribution in [3.63, 3.8) is 0 Å². The van der Waals surface area contributed by atoms with Crippen molar-refractivity contribution in [2.24, 2.45) is 0 Å². The van der Waals surface area contributed by atoms with Gasteiger partial charge >= 0.3 is 0 Å². The van der Waals surface area contributed by atoms with Crippen LogP contribution >= 0.6 is 0 Å². The summed E-state index contributed by atoms with van der Waals surface area (Å²) in [6.07, 6.45) is 5.52. The van der Waals surface area contributed by atoms with E-state index in [4.69, 9.17) is 4.74 Å². The Balaban J connectivity index is 1.90. The van der Waals surface area contributed by atoms with Crippen LogP contribution in [0.25, 0.3) is 0 Å². The summed E-state index contributed by atoms with van der Waals surface area (Å²) in [5.74, 6) is 1.49. The molecule has 0 spiro atoms. The third-order valence-corrected chi connectivity index (χ3v) is 6.68. The van der Waals surface area contributed by atoms with Gasteiger partial charge in [0.25, 0.3) is 0 Å². The first kappa shape index (κ1) is 17.9. The van der Waals surface area contributed by atoms with Crippen molar-refractivity contribution < 1.29 is 13.2 Å². The fraction of sp³-hybridized carbons (Fsp3) is 0.500. The van der Waals surface area contributed by atoms with Gasteiger partial charge in [0, 0.05) is 37.9 Å². The first-order chi connectivity index (χ1) is 12.0. The van der Waals surface area contributed by atoms with E-state index in [0.29, 0.717) is 18.8 Å². The average Bonchev–Trinajstić information content (AvgIpc) is 3.10. The molecule has 0 N–H and O–H groups in total. The van der Waals surface area contributed by atoms with Gasteiger partial charge in [-0.3, -0.25) is 0 Å². The van der Waals surface area contributed by atoms with Gasteiger partial charge in [-0.1, -0.05) is 6.07 Å². The van der Waals surface area contributed by atoms with Crippen molar-refractivity contribution in [3.8, 4) is 5.75 Å². The second-order valence-corrected chi connectivity index (χ2v) is 8.33. The quantitative estimate of drug-likeness (QED) is 0.819. The zero-order valence-electron chi connectivity index (χ0n) is 15.0. The summed E-state index contributed by atoms with van der Waals surface area (Å²) in [4.78, 5) is 4.70. The Morgan fingerprint density at radius 3 is 2.88 bits per heavy atom. The number of sulfonamides is 1. The molecule has 1 aromatic carbocycles. The van der Waals surface area contributed by atoms with Gasteiger partial charge in [0.15, 0.2) is 0 Å². The highest BCUT2D eigenvalue weighted by molar-refractivity contribution is 7.89. The van der Waals surface area contributed by atoms with Crippen molar-refractivity contribution in [2.45, 2.75) is 44.0 Å². The Labute approximate surface area is 149 Å². The highest BCUT2D eigenvalue weighted by atomic mass is 32.2. The molecule has 1 aromatic heterocycles. The van der Waals surface area contributed by atoms with Crippen molar-refractivity contribution in [1.29, 1.82) is 0 Å². The van der Waals surface area contributed by atoms with Gasteiger partial charge in [-0.05, 0) is 44.4 Å². The Morgan fingerprint density at radius 1 is 1.36 bits per heavy atom. The minimum atomic E-state index is -3.59. The number of methoxy groups -OCH3 is 1. The van der Waals surface area contributed by atoms with E-state index in [1.54, 1.807) is 28.7 Å². The van der Waals surface area contributed by atoms with Crippen LogP contribution in [0.4, 0.5) is 0 Å². The molecule has 3 rings (SSSR count). The summed E-state index contributed by atoms with van der Waals surface area (Å²) in [5, 5.41) is 0. The lowest BCUT2D eigenvalue weighted by Gasteiger charge is -2.32. The topological polar surface area (TPSA) is 64.4 Å². The molecule has 0 amide bonds. The Bertz CT molecular complexity index is 845. The molecule has 1 saturated heterocycles. The summed E-state index contributed by atoms with van der Waals surface area (Å²) in [6.45, 7) is 5.81. The van der Waals surface area contributed by atoms with Crippen LogP contribution in [0.5, 0.6) is 5.75 Å². The van der Waals surface area contributed by atoms with Gasteiger partial charge < -0.3 is 9.30 Å². The van der Waals surface area contributed by atoms with Crippen molar-refractivity contribution in [2.75, 3.05) is 20.2 Å². The molecule has 0 saturated carbocycles. The normalized spacial score (nSPS) is 19.1. The summed E-state index contributed by atoms with van der Waals surface area (Å²) in [6, 6.07) is 5.21. The number of ether oxygens (including phenoxy) is 1. The number of rotatable bonds is 5. The smallest absolute Gasteiger partial charge is 0.246 e. The number of benzene rings is 1. The SMILES string of the molecule is CCn1ccnc1[C@H]1CCCN(S(=O)(=O)c2ccc(C)cc2OC)C1. The van der Waals surface area contributed by atoms with Gasteiger partial charge in [-0.25, -0.2) is 13.4 Å². The fourth-order valence-electron chi connectivity index (χ4n) is 3.45. The van der Waals surface area contributed by atoms with Crippen molar-refractivity contribution >= 4 is 10.0 Å².